The van der Waals surface area contributed by atoms with Crippen LogP contribution in [0.1, 0.15) is 17.3 Å². The van der Waals surface area contributed by atoms with Crippen molar-refractivity contribution in [2.75, 3.05) is 13.7 Å². The summed E-state index contributed by atoms with van der Waals surface area (Å²) in [6.45, 7) is 1.74. The van der Waals surface area contributed by atoms with Gasteiger partial charge in [0, 0.05) is 13.2 Å². The van der Waals surface area contributed by atoms with Gasteiger partial charge in [-0.1, -0.05) is 0 Å². The average Bonchev–Trinajstić information content (AvgIpc) is 2.28. The molecule has 106 valence electrons. The minimum Gasteiger partial charge on any atom is -0.478 e. The first-order valence-electron chi connectivity index (χ1n) is 5.32. The minimum atomic E-state index is -3.91. The third kappa shape index (κ3) is 3.98. The molecule has 0 aliphatic rings. The second-order valence-electron chi connectivity index (χ2n) is 3.92. The number of ether oxygens (including phenoxy) is 1. The van der Waals surface area contributed by atoms with Crippen LogP contribution in [-0.4, -0.2) is 39.3 Å². The Balaban J connectivity index is 3.08. The highest BCUT2D eigenvalue weighted by atomic mass is 32.2. The molecule has 1 rings (SSSR count). The maximum absolute atomic E-state index is 13.2. The zero-order chi connectivity index (χ0) is 14.6. The Hall–Kier alpha value is -1.51. The lowest BCUT2D eigenvalue weighted by molar-refractivity contribution is 0.0691. The van der Waals surface area contributed by atoms with Crippen LogP contribution in [0.3, 0.4) is 0 Å². The summed E-state index contributed by atoms with van der Waals surface area (Å²) in [6.07, 6.45) is 0. The lowest BCUT2D eigenvalue weighted by Gasteiger charge is -2.13. The van der Waals surface area contributed by atoms with Gasteiger partial charge in [0.1, 0.15) is 5.82 Å². The molecule has 0 aliphatic carbocycles. The first kappa shape index (κ1) is 15.5. The summed E-state index contributed by atoms with van der Waals surface area (Å²) in [5.41, 5.74) is -0.692. The molecule has 0 bridgehead atoms. The third-order valence-electron chi connectivity index (χ3n) is 2.25. The molecule has 0 aromatic heterocycles. The maximum Gasteiger partial charge on any atom is 0.338 e. The summed E-state index contributed by atoms with van der Waals surface area (Å²) < 4.78 is 44.1. The van der Waals surface area contributed by atoms with Crippen molar-refractivity contribution >= 4 is 16.0 Å². The highest BCUT2D eigenvalue weighted by molar-refractivity contribution is 7.89. The van der Waals surface area contributed by atoms with Gasteiger partial charge < -0.3 is 9.84 Å². The van der Waals surface area contributed by atoms with E-state index in [0.717, 1.165) is 18.2 Å². The Labute approximate surface area is 110 Å². The fourth-order valence-electron chi connectivity index (χ4n) is 1.45. The summed E-state index contributed by atoms with van der Waals surface area (Å²) in [5.74, 6) is -2.52. The predicted molar refractivity (Wildman–Crippen MR) is 65.0 cm³/mol. The number of nitrogens with one attached hydrogen (secondary N) is 1. The summed E-state index contributed by atoms with van der Waals surface area (Å²) in [5, 5.41) is 8.75. The fourth-order valence-corrected chi connectivity index (χ4v) is 2.71. The monoisotopic (exact) mass is 291 g/mol. The number of halogens is 1. The van der Waals surface area contributed by atoms with Gasteiger partial charge in [-0.3, -0.25) is 0 Å². The number of sulfonamides is 1. The summed E-state index contributed by atoms with van der Waals surface area (Å²) in [7, 11) is -2.49. The van der Waals surface area contributed by atoms with Crippen molar-refractivity contribution in [3.63, 3.8) is 0 Å². The third-order valence-corrected chi connectivity index (χ3v) is 3.84. The van der Waals surface area contributed by atoms with Crippen LogP contribution in [0, 0.1) is 5.82 Å². The lowest BCUT2D eigenvalue weighted by atomic mass is 10.2. The van der Waals surface area contributed by atoms with Crippen LogP contribution in [0.4, 0.5) is 4.39 Å². The van der Waals surface area contributed by atoms with Crippen LogP contribution in [0.5, 0.6) is 0 Å². The van der Waals surface area contributed by atoms with Crippen molar-refractivity contribution in [1.29, 1.82) is 0 Å². The molecular weight excluding hydrogens is 277 g/mol. The molecule has 8 heteroatoms. The largest absolute Gasteiger partial charge is 0.478 e. The number of carboxylic acids is 1. The van der Waals surface area contributed by atoms with Crippen LogP contribution < -0.4 is 4.72 Å². The van der Waals surface area contributed by atoms with Gasteiger partial charge in [-0.2, -0.15) is 0 Å². The van der Waals surface area contributed by atoms with E-state index in [0.29, 0.717) is 0 Å². The molecule has 1 atom stereocenters. The van der Waals surface area contributed by atoms with Gasteiger partial charge in [-0.05, 0) is 25.1 Å². The van der Waals surface area contributed by atoms with Crippen molar-refractivity contribution < 1.29 is 27.4 Å². The normalized spacial score (nSPS) is 13.2. The number of hydrogen-bond donors (Lipinski definition) is 2. The molecule has 0 radical (unpaired) electrons. The molecule has 19 heavy (non-hydrogen) atoms. The Morgan fingerprint density at radius 1 is 1.53 bits per heavy atom. The molecule has 0 unspecified atom stereocenters. The van der Waals surface area contributed by atoms with Crippen LogP contribution in [0.25, 0.3) is 0 Å². The number of carbonyl (C=O) groups is 1. The second-order valence-corrected chi connectivity index (χ2v) is 5.64. The Morgan fingerprint density at radius 2 is 2.16 bits per heavy atom. The van der Waals surface area contributed by atoms with Gasteiger partial charge in [0.05, 0.1) is 17.1 Å². The van der Waals surface area contributed by atoms with Crippen molar-refractivity contribution in [2.45, 2.75) is 17.9 Å². The molecule has 1 aromatic carbocycles. The smallest absolute Gasteiger partial charge is 0.338 e. The van der Waals surface area contributed by atoms with E-state index in [-0.39, 0.29) is 11.5 Å². The van der Waals surface area contributed by atoms with Gasteiger partial charge >= 0.3 is 5.97 Å². The first-order valence-corrected chi connectivity index (χ1v) is 6.80. The van der Waals surface area contributed by atoms with E-state index in [9.17, 15) is 17.6 Å². The van der Waals surface area contributed by atoms with Gasteiger partial charge in [-0.15, -0.1) is 0 Å². The van der Waals surface area contributed by atoms with Crippen LogP contribution in [0.15, 0.2) is 23.1 Å². The topological polar surface area (TPSA) is 92.7 Å². The molecule has 2 N–H and O–H groups in total. The van der Waals surface area contributed by atoms with E-state index < -0.39 is 33.4 Å². The van der Waals surface area contributed by atoms with Gasteiger partial charge in [-0.25, -0.2) is 22.3 Å². The van der Waals surface area contributed by atoms with E-state index in [1.165, 1.54) is 7.11 Å². The molecule has 1 aromatic rings. The van der Waals surface area contributed by atoms with E-state index in [1.54, 1.807) is 6.92 Å². The first-order chi connectivity index (χ1) is 8.77. The second kappa shape index (κ2) is 6.09. The number of methoxy groups -OCH3 is 1. The SMILES string of the molecule is COC[C@@H](C)NS(=O)(=O)c1ccc(F)c(C(=O)O)c1. The summed E-state index contributed by atoms with van der Waals surface area (Å²) >= 11 is 0. The Bertz CT molecular complexity index is 572. The van der Waals surface area contributed by atoms with Crippen LogP contribution in [-0.2, 0) is 14.8 Å². The molecule has 0 spiro atoms. The predicted octanol–water partition coefficient (Wildman–Crippen LogP) is 0.837. The average molecular weight is 291 g/mol. The standard InChI is InChI=1S/C11H14FNO5S/c1-7(6-18-2)13-19(16,17)8-3-4-10(12)9(5-8)11(14)15/h3-5,7,13H,6H2,1-2H3,(H,14,15)/t7-/m1/s1. The highest BCUT2D eigenvalue weighted by Gasteiger charge is 2.20. The molecule has 0 fully saturated rings. The fraction of sp³-hybridized carbons (Fsp3) is 0.364. The Morgan fingerprint density at radius 3 is 2.68 bits per heavy atom. The quantitative estimate of drug-likeness (QED) is 0.810. The zero-order valence-corrected chi connectivity index (χ0v) is 11.2. The van der Waals surface area contributed by atoms with Crippen molar-refractivity contribution in [1.82, 2.24) is 4.72 Å². The van der Waals surface area contributed by atoms with Gasteiger partial charge in [0.2, 0.25) is 10.0 Å². The van der Waals surface area contributed by atoms with Crippen molar-refractivity contribution in [3.8, 4) is 0 Å². The van der Waals surface area contributed by atoms with E-state index in [1.807, 2.05) is 0 Å². The lowest BCUT2D eigenvalue weighted by Crippen LogP contribution is -2.35. The maximum atomic E-state index is 13.2. The van der Waals surface area contributed by atoms with Crippen molar-refractivity contribution in [2.24, 2.45) is 0 Å². The number of benzene rings is 1. The molecule has 6 nitrogen and oxygen atoms in total. The van der Waals surface area contributed by atoms with E-state index in [4.69, 9.17) is 9.84 Å². The minimum absolute atomic E-state index is 0.159. The van der Waals surface area contributed by atoms with E-state index >= 15 is 0 Å². The molecule has 0 heterocycles. The van der Waals surface area contributed by atoms with Crippen molar-refractivity contribution in [3.05, 3.63) is 29.6 Å². The number of rotatable bonds is 6. The van der Waals surface area contributed by atoms with Gasteiger partial charge in [0.15, 0.2) is 0 Å². The van der Waals surface area contributed by atoms with Crippen LogP contribution >= 0.6 is 0 Å². The zero-order valence-electron chi connectivity index (χ0n) is 10.4. The Kier molecular flexibility index (Phi) is 4.98. The number of aromatic carboxylic acids is 1. The van der Waals surface area contributed by atoms with Crippen LogP contribution in [0.2, 0.25) is 0 Å². The van der Waals surface area contributed by atoms with E-state index in [2.05, 4.69) is 4.72 Å². The van der Waals surface area contributed by atoms with Gasteiger partial charge in [0.25, 0.3) is 0 Å². The summed E-state index contributed by atoms with van der Waals surface area (Å²) in [4.78, 5) is 10.4. The molecule has 0 amide bonds. The highest BCUT2D eigenvalue weighted by Crippen LogP contribution is 2.15. The molecule has 0 aliphatic heterocycles. The number of carboxylic acid groups (broad SMARTS) is 1. The molecule has 0 saturated carbocycles. The molecular formula is C11H14FNO5S. The summed E-state index contributed by atoms with van der Waals surface area (Å²) in [6, 6.07) is 2.09. The molecule has 0 saturated heterocycles. The number of hydrogen-bond acceptors (Lipinski definition) is 4.